The Balaban J connectivity index is 2.18. The van der Waals surface area contributed by atoms with Crippen LogP contribution < -0.4 is 0 Å². The van der Waals surface area contributed by atoms with Gasteiger partial charge in [0.05, 0.1) is 11.8 Å². The van der Waals surface area contributed by atoms with Gasteiger partial charge in [0.25, 0.3) is 0 Å². The van der Waals surface area contributed by atoms with Crippen LogP contribution in [-0.4, -0.2) is 17.5 Å². The number of rotatable bonds is 0. The predicted molar refractivity (Wildman–Crippen MR) is 39.3 cm³/mol. The van der Waals surface area contributed by atoms with Gasteiger partial charge in [0.1, 0.15) is 0 Å². The highest BCUT2D eigenvalue weighted by Crippen LogP contribution is 2.38. The molecule has 2 heteroatoms. The summed E-state index contributed by atoms with van der Waals surface area (Å²) in [5, 5.41) is 0. The van der Waals surface area contributed by atoms with Crippen molar-refractivity contribution in [3.05, 3.63) is 0 Å². The topological polar surface area (TPSA) is 29.4 Å². The van der Waals surface area contributed by atoms with Gasteiger partial charge in [-0.25, -0.2) is 0 Å². The van der Waals surface area contributed by atoms with E-state index in [0.29, 0.717) is 6.42 Å². The monoisotopic (exact) mass is 137 g/mol. The van der Waals surface area contributed by atoms with Crippen molar-refractivity contribution < 1.29 is 4.79 Å². The molecule has 0 bridgehead atoms. The van der Waals surface area contributed by atoms with Crippen LogP contribution in [0.1, 0.15) is 32.1 Å². The molecule has 2 rings (SSSR count). The van der Waals surface area contributed by atoms with Gasteiger partial charge in [-0.2, -0.15) is 0 Å². The van der Waals surface area contributed by atoms with E-state index in [0.717, 1.165) is 12.8 Å². The van der Waals surface area contributed by atoms with E-state index in [1.807, 2.05) is 0 Å². The first kappa shape index (κ1) is 6.08. The molecule has 0 amide bonds. The maximum atomic E-state index is 10.9. The number of carbonyl (C=O) groups excluding carboxylic acids is 1. The Hall–Kier alpha value is -0.660. The normalized spacial score (nSPS) is 28.6. The molecule has 2 nitrogen and oxygen atoms in total. The van der Waals surface area contributed by atoms with Gasteiger partial charge >= 0.3 is 0 Å². The third-order valence-corrected chi connectivity index (χ3v) is 2.52. The third kappa shape index (κ3) is 0.789. The lowest BCUT2D eigenvalue weighted by Crippen LogP contribution is -2.19. The molecule has 10 heavy (non-hydrogen) atoms. The number of aliphatic imine (C=N–C) groups is 1. The molecule has 1 aliphatic heterocycles. The largest absolute Gasteiger partial charge is 0.293 e. The molecule has 2 aliphatic rings. The summed E-state index contributed by atoms with van der Waals surface area (Å²) in [6, 6.07) is 0. The van der Waals surface area contributed by atoms with E-state index in [9.17, 15) is 4.79 Å². The SMILES string of the molecule is O=C1C=NC2(CCCC2)C1. The Morgan fingerprint density at radius 3 is 2.60 bits per heavy atom. The molecule has 0 aromatic carbocycles. The van der Waals surface area contributed by atoms with Crippen LogP contribution in [0.2, 0.25) is 0 Å². The van der Waals surface area contributed by atoms with Gasteiger partial charge in [-0.1, -0.05) is 12.8 Å². The summed E-state index contributed by atoms with van der Waals surface area (Å²) in [4.78, 5) is 15.1. The average molecular weight is 137 g/mol. The molecular formula is C8H11NO. The van der Waals surface area contributed by atoms with Crippen molar-refractivity contribution in [3.8, 4) is 0 Å². The molecule has 0 atom stereocenters. The molecule has 0 saturated heterocycles. The van der Waals surface area contributed by atoms with Crippen molar-refractivity contribution in [3.63, 3.8) is 0 Å². The number of carbonyl (C=O) groups is 1. The summed E-state index contributed by atoms with van der Waals surface area (Å²) in [5.41, 5.74) is 0.0804. The van der Waals surface area contributed by atoms with E-state index < -0.39 is 0 Å². The van der Waals surface area contributed by atoms with Gasteiger partial charge in [-0.15, -0.1) is 0 Å². The van der Waals surface area contributed by atoms with Crippen molar-refractivity contribution in [2.75, 3.05) is 0 Å². The molecule has 0 N–H and O–H groups in total. The van der Waals surface area contributed by atoms with Crippen LogP contribution in [-0.2, 0) is 4.79 Å². The van der Waals surface area contributed by atoms with Crippen LogP contribution in [0.15, 0.2) is 4.99 Å². The number of nitrogens with zero attached hydrogens (tertiary/aromatic N) is 1. The smallest absolute Gasteiger partial charge is 0.175 e. The van der Waals surface area contributed by atoms with Gasteiger partial charge < -0.3 is 0 Å². The summed E-state index contributed by atoms with van der Waals surface area (Å²) >= 11 is 0. The van der Waals surface area contributed by atoms with Crippen molar-refractivity contribution in [1.82, 2.24) is 0 Å². The first-order valence-electron chi connectivity index (χ1n) is 3.89. The van der Waals surface area contributed by atoms with Crippen LogP contribution in [0.4, 0.5) is 0 Å². The summed E-state index contributed by atoms with van der Waals surface area (Å²) in [6.45, 7) is 0. The van der Waals surface area contributed by atoms with E-state index in [1.54, 1.807) is 0 Å². The van der Waals surface area contributed by atoms with Gasteiger partial charge in [0.2, 0.25) is 0 Å². The fraction of sp³-hybridized carbons (Fsp3) is 0.750. The zero-order valence-electron chi connectivity index (χ0n) is 5.97. The lowest BCUT2D eigenvalue weighted by Gasteiger charge is -2.16. The van der Waals surface area contributed by atoms with E-state index in [2.05, 4.69) is 4.99 Å². The van der Waals surface area contributed by atoms with Crippen molar-refractivity contribution in [2.24, 2.45) is 4.99 Å². The maximum Gasteiger partial charge on any atom is 0.175 e. The minimum atomic E-state index is 0.0804. The average Bonchev–Trinajstić information content (AvgIpc) is 2.46. The van der Waals surface area contributed by atoms with Gasteiger partial charge in [-0.05, 0) is 12.8 Å². The minimum Gasteiger partial charge on any atom is -0.293 e. The Labute approximate surface area is 60.3 Å². The van der Waals surface area contributed by atoms with Crippen LogP contribution >= 0.6 is 0 Å². The van der Waals surface area contributed by atoms with Crippen LogP contribution in [0.3, 0.4) is 0 Å². The molecule has 1 saturated carbocycles. The maximum absolute atomic E-state index is 10.9. The van der Waals surface area contributed by atoms with Gasteiger partial charge in [-0.3, -0.25) is 9.79 Å². The number of hydrogen-bond donors (Lipinski definition) is 0. The molecule has 0 unspecified atom stereocenters. The summed E-state index contributed by atoms with van der Waals surface area (Å²) < 4.78 is 0. The Kier molecular flexibility index (Phi) is 1.16. The van der Waals surface area contributed by atoms with E-state index >= 15 is 0 Å². The van der Waals surface area contributed by atoms with E-state index in [-0.39, 0.29) is 11.3 Å². The molecule has 1 aliphatic carbocycles. The molecule has 0 aromatic rings. The van der Waals surface area contributed by atoms with Gasteiger partial charge in [0, 0.05) is 6.42 Å². The van der Waals surface area contributed by atoms with E-state index in [4.69, 9.17) is 0 Å². The second-order valence-electron chi connectivity index (χ2n) is 3.33. The van der Waals surface area contributed by atoms with Crippen LogP contribution in [0, 0.1) is 0 Å². The Morgan fingerprint density at radius 1 is 1.40 bits per heavy atom. The minimum absolute atomic E-state index is 0.0804. The molecular weight excluding hydrogens is 126 g/mol. The van der Waals surface area contributed by atoms with Crippen LogP contribution in [0.25, 0.3) is 0 Å². The molecule has 1 heterocycles. The van der Waals surface area contributed by atoms with Crippen molar-refractivity contribution in [1.29, 1.82) is 0 Å². The quantitative estimate of drug-likeness (QED) is 0.495. The number of ketones is 1. The number of Topliss-reactive ketones (excluding diaryl/α,β-unsaturated/α-hetero) is 1. The zero-order valence-corrected chi connectivity index (χ0v) is 5.97. The summed E-state index contributed by atoms with van der Waals surface area (Å²) in [7, 11) is 0. The predicted octanol–water partition coefficient (Wildman–Crippen LogP) is 1.34. The Bertz CT molecular complexity index is 189. The second-order valence-corrected chi connectivity index (χ2v) is 3.33. The highest BCUT2D eigenvalue weighted by atomic mass is 16.1. The molecule has 0 radical (unpaired) electrons. The number of hydrogen-bond acceptors (Lipinski definition) is 2. The lowest BCUT2D eigenvalue weighted by molar-refractivity contribution is -0.112. The van der Waals surface area contributed by atoms with Gasteiger partial charge in [0.15, 0.2) is 5.78 Å². The molecule has 54 valence electrons. The molecule has 1 spiro atoms. The third-order valence-electron chi connectivity index (χ3n) is 2.52. The highest BCUT2D eigenvalue weighted by molar-refractivity contribution is 6.29. The second kappa shape index (κ2) is 1.91. The molecule has 0 aromatic heterocycles. The lowest BCUT2D eigenvalue weighted by atomic mass is 9.95. The summed E-state index contributed by atoms with van der Waals surface area (Å²) in [5.74, 6) is 0.224. The first-order valence-corrected chi connectivity index (χ1v) is 3.89. The fourth-order valence-electron chi connectivity index (χ4n) is 1.96. The standard InChI is InChI=1S/C8H11NO/c10-7-5-8(9-6-7)3-1-2-4-8/h6H,1-5H2. The zero-order chi connectivity index (χ0) is 7.03. The first-order chi connectivity index (χ1) is 4.81. The van der Waals surface area contributed by atoms with Crippen LogP contribution in [0.5, 0.6) is 0 Å². The Morgan fingerprint density at radius 2 is 2.10 bits per heavy atom. The van der Waals surface area contributed by atoms with Crippen molar-refractivity contribution in [2.45, 2.75) is 37.6 Å². The fourth-order valence-corrected chi connectivity index (χ4v) is 1.96. The van der Waals surface area contributed by atoms with Crippen molar-refractivity contribution >= 4 is 12.0 Å². The van der Waals surface area contributed by atoms with E-state index in [1.165, 1.54) is 19.1 Å². The summed E-state index contributed by atoms with van der Waals surface area (Å²) in [6.07, 6.45) is 6.98. The molecule has 1 fully saturated rings. The highest BCUT2D eigenvalue weighted by Gasteiger charge is 2.37.